The number of nitrogens with zero attached hydrogens (tertiary/aromatic N) is 2. The van der Waals surface area contributed by atoms with Gasteiger partial charge in [-0.3, -0.25) is 34.2 Å². The van der Waals surface area contributed by atoms with Crippen molar-refractivity contribution in [2.24, 2.45) is 5.92 Å². The number of ether oxygens (including phenoxy) is 4. The summed E-state index contributed by atoms with van der Waals surface area (Å²) in [5.41, 5.74) is 0.834. The summed E-state index contributed by atoms with van der Waals surface area (Å²) in [4.78, 5) is 83.6. The highest BCUT2D eigenvalue weighted by molar-refractivity contribution is 6.01. The first-order valence-corrected chi connectivity index (χ1v) is 14.5. The van der Waals surface area contributed by atoms with Crippen LogP contribution in [-0.4, -0.2) is 84.7 Å². The Balaban J connectivity index is 1.32. The van der Waals surface area contributed by atoms with Crippen LogP contribution in [0.25, 0.3) is 0 Å². The van der Waals surface area contributed by atoms with Gasteiger partial charge in [-0.2, -0.15) is 0 Å². The number of non-ortho nitro benzene ring substituents is 1. The van der Waals surface area contributed by atoms with Crippen molar-refractivity contribution in [3.63, 3.8) is 0 Å². The molecule has 3 rings (SSSR count). The second-order valence-electron chi connectivity index (χ2n) is 10.4. The number of amides is 5. The number of likely N-dealkylation sites (tertiary alicyclic amines) is 1. The molecular weight excluding hydrogens is 622 g/mol. The summed E-state index contributed by atoms with van der Waals surface area (Å²) in [5.74, 6) is -1.88. The lowest BCUT2D eigenvalue weighted by Gasteiger charge is -2.21. The third-order valence-corrected chi connectivity index (χ3v) is 6.56. The molecule has 1 fully saturated rings. The van der Waals surface area contributed by atoms with Gasteiger partial charge in [0, 0.05) is 30.7 Å². The summed E-state index contributed by atoms with van der Waals surface area (Å²) in [7, 11) is 0. The predicted octanol–water partition coefficient (Wildman–Crippen LogP) is 2.28. The topological polar surface area (TPSA) is 222 Å². The number of rotatable bonds is 16. The van der Waals surface area contributed by atoms with Crippen molar-refractivity contribution >= 4 is 47.3 Å². The fourth-order valence-corrected chi connectivity index (χ4v) is 4.10. The summed E-state index contributed by atoms with van der Waals surface area (Å²) in [5, 5.41) is 18.2. The van der Waals surface area contributed by atoms with Crippen molar-refractivity contribution in [1.82, 2.24) is 15.5 Å². The van der Waals surface area contributed by atoms with E-state index in [1.54, 1.807) is 38.1 Å². The number of imide groups is 1. The molecule has 1 atom stereocenters. The lowest BCUT2D eigenvalue weighted by Crippen LogP contribution is -2.51. The van der Waals surface area contributed by atoms with Crippen LogP contribution in [0.5, 0.6) is 5.75 Å². The first-order valence-electron chi connectivity index (χ1n) is 14.5. The average molecular weight is 658 g/mol. The Labute approximate surface area is 269 Å². The summed E-state index contributed by atoms with van der Waals surface area (Å²) >= 11 is 0. The smallest absolute Gasteiger partial charge is 0.447 e. The average Bonchev–Trinajstić information content (AvgIpc) is 3.36. The zero-order valence-corrected chi connectivity index (χ0v) is 25.7. The summed E-state index contributed by atoms with van der Waals surface area (Å²) < 4.78 is 20.3. The van der Waals surface area contributed by atoms with E-state index < -0.39 is 35.0 Å². The van der Waals surface area contributed by atoms with Crippen molar-refractivity contribution in [2.75, 3.05) is 38.2 Å². The molecule has 1 unspecified atom stereocenters. The molecule has 0 radical (unpaired) electrons. The van der Waals surface area contributed by atoms with Gasteiger partial charge in [0.1, 0.15) is 25.0 Å². The van der Waals surface area contributed by atoms with E-state index in [1.807, 2.05) is 0 Å². The van der Waals surface area contributed by atoms with Gasteiger partial charge in [-0.25, -0.2) is 9.59 Å². The van der Waals surface area contributed by atoms with E-state index in [0.717, 1.165) is 4.90 Å². The molecule has 0 saturated carbocycles. The Kier molecular flexibility index (Phi) is 13.6. The van der Waals surface area contributed by atoms with E-state index in [9.17, 15) is 38.9 Å². The molecule has 1 aliphatic rings. The Bertz CT molecular complexity index is 1430. The fourth-order valence-electron chi connectivity index (χ4n) is 4.10. The van der Waals surface area contributed by atoms with E-state index in [1.165, 1.54) is 24.3 Å². The van der Waals surface area contributed by atoms with Gasteiger partial charge in [0.05, 0.1) is 31.2 Å². The van der Waals surface area contributed by atoms with Crippen LogP contribution in [-0.2, 0) is 40.0 Å². The third kappa shape index (κ3) is 12.0. The minimum atomic E-state index is -1.01. The monoisotopic (exact) mass is 657 g/mol. The van der Waals surface area contributed by atoms with Gasteiger partial charge in [-0.15, -0.1) is 0 Å². The second kappa shape index (κ2) is 17.8. The molecule has 0 spiro atoms. The maximum atomic E-state index is 12.7. The van der Waals surface area contributed by atoms with Crippen molar-refractivity contribution in [2.45, 2.75) is 39.3 Å². The molecule has 47 heavy (non-hydrogen) atoms. The zero-order valence-electron chi connectivity index (χ0n) is 25.7. The Morgan fingerprint density at radius 1 is 0.915 bits per heavy atom. The number of alkyl carbamates (subject to hydrolysis) is 1. The maximum Gasteiger partial charge on any atom is 0.514 e. The normalized spacial score (nSPS) is 13.1. The number of carbonyl (C=O) groups excluding carboxylic acids is 6. The molecular formula is C30H35N5O12. The molecule has 3 N–H and O–H groups in total. The fraction of sp³-hybridized carbons (Fsp3) is 0.400. The molecule has 1 heterocycles. The van der Waals surface area contributed by atoms with Gasteiger partial charge in [0.2, 0.25) is 23.6 Å². The number of nitro groups is 1. The van der Waals surface area contributed by atoms with Gasteiger partial charge in [-0.05, 0) is 35.7 Å². The number of hydrogen-bond donors (Lipinski definition) is 3. The molecule has 1 saturated heterocycles. The number of benzene rings is 2. The molecule has 252 valence electrons. The second-order valence-corrected chi connectivity index (χ2v) is 10.4. The molecule has 5 amide bonds. The van der Waals surface area contributed by atoms with Crippen LogP contribution < -0.4 is 20.7 Å². The number of nitrogens with one attached hydrogen (secondary N) is 3. The van der Waals surface area contributed by atoms with E-state index in [0.29, 0.717) is 11.3 Å². The van der Waals surface area contributed by atoms with Crippen LogP contribution in [0.1, 0.15) is 32.3 Å². The highest BCUT2D eigenvalue weighted by Crippen LogP contribution is 2.18. The lowest BCUT2D eigenvalue weighted by atomic mass is 10.0. The number of carbonyl (C=O) groups is 6. The highest BCUT2D eigenvalue weighted by Gasteiger charge is 2.28. The third-order valence-electron chi connectivity index (χ3n) is 6.56. The molecule has 17 nitrogen and oxygen atoms in total. The number of anilines is 1. The zero-order chi connectivity index (χ0) is 34.3. The van der Waals surface area contributed by atoms with Gasteiger partial charge in [0.15, 0.2) is 0 Å². The van der Waals surface area contributed by atoms with Gasteiger partial charge in [-0.1, -0.05) is 26.0 Å². The first kappa shape index (κ1) is 35.9. The molecule has 0 aromatic heterocycles. The van der Waals surface area contributed by atoms with Crippen LogP contribution in [0.4, 0.5) is 21.0 Å². The molecule has 2 aromatic rings. The summed E-state index contributed by atoms with van der Waals surface area (Å²) in [6, 6.07) is 10.2. The van der Waals surface area contributed by atoms with Gasteiger partial charge < -0.3 is 34.9 Å². The lowest BCUT2D eigenvalue weighted by molar-refractivity contribution is -0.384. The molecule has 2 aromatic carbocycles. The van der Waals surface area contributed by atoms with Gasteiger partial charge in [0.25, 0.3) is 5.69 Å². The van der Waals surface area contributed by atoms with E-state index in [4.69, 9.17) is 18.9 Å². The van der Waals surface area contributed by atoms with Gasteiger partial charge >= 0.3 is 12.2 Å². The van der Waals surface area contributed by atoms with E-state index in [-0.39, 0.29) is 81.5 Å². The Hall–Kier alpha value is -5.58. The minimum Gasteiger partial charge on any atom is -0.447 e. The van der Waals surface area contributed by atoms with Crippen molar-refractivity contribution in [3.05, 3.63) is 64.2 Å². The Morgan fingerprint density at radius 2 is 1.57 bits per heavy atom. The summed E-state index contributed by atoms with van der Waals surface area (Å²) in [6.45, 7) is 3.01. The maximum absolute atomic E-state index is 12.7. The largest absolute Gasteiger partial charge is 0.514 e. The van der Waals surface area contributed by atoms with Crippen LogP contribution in [0.15, 0.2) is 48.5 Å². The van der Waals surface area contributed by atoms with Crippen LogP contribution in [0.2, 0.25) is 0 Å². The molecule has 0 aliphatic carbocycles. The minimum absolute atomic E-state index is 0.0210. The number of nitro benzene ring substituents is 1. The molecule has 1 aliphatic heterocycles. The number of hydrogen-bond acceptors (Lipinski definition) is 12. The van der Waals surface area contributed by atoms with E-state index >= 15 is 0 Å². The molecule has 0 bridgehead atoms. The van der Waals surface area contributed by atoms with Crippen LogP contribution in [0, 0.1) is 16.0 Å². The quantitative estimate of drug-likeness (QED) is 0.0591. The highest BCUT2D eigenvalue weighted by atomic mass is 16.7. The SMILES string of the molecule is CC(C)C(NC(=O)OCCOCCN1C(=O)CCC1=O)C(=O)NCC(=O)Nc1ccc(COC(=O)Oc2ccc([N+](=O)[O-])cc2)cc1. The van der Waals surface area contributed by atoms with Crippen LogP contribution >= 0.6 is 0 Å². The van der Waals surface area contributed by atoms with Crippen molar-refractivity contribution in [1.29, 1.82) is 0 Å². The Morgan fingerprint density at radius 3 is 2.19 bits per heavy atom. The summed E-state index contributed by atoms with van der Waals surface area (Å²) in [6.07, 6.45) is -1.48. The van der Waals surface area contributed by atoms with E-state index in [2.05, 4.69) is 16.0 Å². The van der Waals surface area contributed by atoms with Crippen LogP contribution in [0.3, 0.4) is 0 Å². The predicted molar refractivity (Wildman–Crippen MR) is 162 cm³/mol. The van der Waals surface area contributed by atoms with Crippen molar-refractivity contribution < 1.29 is 52.6 Å². The molecule has 17 heteroatoms. The standard InChI is InChI=1S/C30H35N5O12/c1-19(2)27(33-29(40)45-16-15-44-14-13-34-25(37)11-12-26(34)38)28(39)31-17-24(36)32-21-5-3-20(4-6-21)18-46-30(41)47-23-9-7-22(8-10-23)35(42)43/h3-10,19,27H,11-18H2,1-2H3,(H,31,39)(H,32,36)(H,33,40). The van der Waals surface area contributed by atoms with Crippen molar-refractivity contribution in [3.8, 4) is 5.75 Å². The first-order chi connectivity index (χ1) is 22.4.